The van der Waals surface area contributed by atoms with Crippen LogP contribution in [-0.2, 0) is 38.8 Å². The molecule has 0 saturated carbocycles. The number of alkyl halides is 3. The van der Waals surface area contributed by atoms with Crippen molar-refractivity contribution in [2.45, 2.75) is 44.9 Å². The minimum atomic E-state index is -4.74. The van der Waals surface area contributed by atoms with Crippen LogP contribution in [0.3, 0.4) is 0 Å². The molecule has 0 aromatic heterocycles. The van der Waals surface area contributed by atoms with Crippen LogP contribution >= 0.6 is 23.2 Å². The van der Waals surface area contributed by atoms with Crippen molar-refractivity contribution in [3.05, 3.63) is 99.5 Å². The Morgan fingerprint density at radius 1 is 0.953 bits per heavy atom. The Morgan fingerprint density at radius 3 is 2.16 bits per heavy atom. The predicted molar refractivity (Wildman–Crippen MR) is 162 cm³/mol. The van der Waals surface area contributed by atoms with Crippen molar-refractivity contribution in [3.63, 3.8) is 0 Å². The van der Waals surface area contributed by atoms with Crippen LogP contribution in [0, 0.1) is 0 Å². The molecule has 1 N–H and O–H groups in total. The summed E-state index contributed by atoms with van der Waals surface area (Å²) in [6.45, 7) is 1.15. The summed E-state index contributed by atoms with van der Waals surface area (Å²) in [6.07, 6.45) is -2.40. The molecule has 232 valence electrons. The van der Waals surface area contributed by atoms with Crippen molar-refractivity contribution < 1.29 is 31.2 Å². The third kappa shape index (κ3) is 9.61. The second-order valence-electron chi connectivity index (χ2n) is 9.89. The standard InChI is InChI=1S/C30H32Cl2F3N3O4S/c1-3-4-16-36-29(40)27(17-21-10-6-5-7-11-21)37(19-24-25(31)14-9-15-26(24)32)28(39)20-38(43(2,41)42)23-13-8-12-22(18-23)30(33,34)35/h5-15,18,27H,3-4,16-17,19-20H2,1-2H3,(H,36,40)/t27-/m0/s1. The Morgan fingerprint density at radius 2 is 1.58 bits per heavy atom. The summed E-state index contributed by atoms with van der Waals surface area (Å²) in [4.78, 5) is 28.9. The molecule has 0 unspecified atom stereocenters. The summed E-state index contributed by atoms with van der Waals surface area (Å²) in [5, 5.41) is 3.27. The number of unbranched alkanes of at least 4 members (excludes halogenated alkanes) is 1. The molecule has 0 aliphatic rings. The second kappa shape index (κ2) is 14.9. The maximum absolute atomic E-state index is 14.1. The number of rotatable bonds is 13. The highest BCUT2D eigenvalue weighted by atomic mass is 35.5. The Kier molecular flexibility index (Phi) is 11.9. The summed E-state index contributed by atoms with van der Waals surface area (Å²) in [6, 6.07) is 16.2. The van der Waals surface area contributed by atoms with Gasteiger partial charge in [0.2, 0.25) is 21.8 Å². The van der Waals surface area contributed by atoms with Gasteiger partial charge in [-0.1, -0.05) is 79.0 Å². The van der Waals surface area contributed by atoms with E-state index in [1.165, 1.54) is 4.90 Å². The fourth-order valence-electron chi connectivity index (χ4n) is 4.36. The van der Waals surface area contributed by atoms with E-state index in [4.69, 9.17) is 23.2 Å². The van der Waals surface area contributed by atoms with Gasteiger partial charge in [0.05, 0.1) is 17.5 Å². The molecule has 0 bridgehead atoms. The second-order valence-corrected chi connectivity index (χ2v) is 12.6. The van der Waals surface area contributed by atoms with Gasteiger partial charge in [0.1, 0.15) is 12.6 Å². The molecule has 3 rings (SSSR count). The molecule has 43 heavy (non-hydrogen) atoms. The number of hydrogen-bond donors (Lipinski definition) is 1. The molecule has 0 saturated heterocycles. The van der Waals surface area contributed by atoms with Gasteiger partial charge in [-0.05, 0) is 42.3 Å². The average Bonchev–Trinajstić information content (AvgIpc) is 2.94. The SMILES string of the molecule is CCCCNC(=O)[C@H](Cc1ccccc1)N(Cc1c(Cl)cccc1Cl)C(=O)CN(c1cccc(C(F)(F)F)c1)S(C)(=O)=O. The van der Waals surface area contributed by atoms with Crippen molar-refractivity contribution in [2.24, 2.45) is 0 Å². The summed E-state index contributed by atoms with van der Waals surface area (Å²) < 4.78 is 66.6. The lowest BCUT2D eigenvalue weighted by molar-refractivity contribution is -0.140. The molecule has 1 atom stereocenters. The number of nitrogens with one attached hydrogen (secondary N) is 1. The zero-order valence-electron chi connectivity index (χ0n) is 23.6. The van der Waals surface area contributed by atoms with E-state index in [1.807, 2.05) is 6.92 Å². The Balaban J connectivity index is 2.11. The Bertz CT molecular complexity index is 1500. The minimum Gasteiger partial charge on any atom is -0.354 e. The molecule has 0 fully saturated rings. The number of carbonyl (C=O) groups is 2. The molecule has 3 aromatic carbocycles. The molecule has 0 spiro atoms. The maximum atomic E-state index is 14.1. The van der Waals surface area contributed by atoms with Gasteiger partial charge in [0.25, 0.3) is 0 Å². The van der Waals surface area contributed by atoms with Crippen molar-refractivity contribution in [1.29, 1.82) is 0 Å². The van der Waals surface area contributed by atoms with E-state index in [9.17, 15) is 31.2 Å². The van der Waals surface area contributed by atoms with E-state index >= 15 is 0 Å². The lowest BCUT2D eigenvalue weighted by Gasteiger charge is -2.34. The third-order valence-electron chi connectivity index (χ3n) is 6.63. The van der Waals surface area contributed by atoms with Crippen LogP contribution in [0.5, 0.6) is 0 Å². The van der Waals surface area contributed by atoms with Crippen molar-refractivity contribution >= 4 is 50.7 Å². The summed E-state index contributed by atoms with van der Waals surface area (Å²) >= 11 is 12.8. The molecule has 3 aromatic rings. The van der Waals surface area contributed by atoms with Crippen LogP contribution in [0.15, 0.2) is 72.8 Å². The first-order chi connectivity index (χ1) is 20.2. The number of anilines is 1. The molecule has 7 nitrogen and oxygen atoms in total. The largest absolute Gasteiger partial charge is 0.416 e. The van der Waals surface area contributed by atoms with E-state index in [-0.39, 0.29) is 28.7 Å². The van der Waals surface area contributed by atoms with Gasteiger partial charge in [0, 0.05) is 35.1 Å². The van der Waals surface area contributed by atoms with Crippen LogP contribution in [0.1, 0.15) is 36.5 Å². The quantitative estimate of drug-likeness (QED) is 0.218. The Hall–Kier alpha value is -3.28. The highest BCUT2D eigenvalue weighted by molar-refractivity contribution is 7.92. The van der Waals surface area contributed by atoms with Crippen molar-refractivity contribution in [2.75, 3.05) is 23.7 Å². The maximum Gasteiger partial charge on any atom is 0.416 e. The summed E-state index contributed by atoms with van der Waals surface area (Å²) in [5.74, 6) is -1.33. The van der Waals surface area contributed by atoms with Gasteiger partial charge in [0.15, 0.2) is 0 Å². The average molecular weight is 659 g/mol. The van der Waals surface area contributed by atoms with Gasteiger partial charge in [-0.25, -0.2) is 8.42 Å². The number of amides is 2. The Labute approximate surface area is 259 Å². The molecule has 0 aliphatic heterocycles. The number of carbonyl (C=O) groups excluding carboxylic acids is 2. The number of hydrogen-bond acceptors (Lipinski definition) is 4. The highest BCUT2D eigenvalue weighted by Crippen LogP contribution is 2.33. The normalized spacial score (nSPS) is 12.4. The summed E-state index contributed by atoms with van der Waals surface area (Å²) in [5.41, 5.74) is -0.390. The van der Waals surface area contributed by atoms with E-state index in [0.717, 1.165) is 36.4 Å². The first kappa shape index (κ1) is 34.2. The fourth-order valence-corrected chi connectivity index (χ4v) is 5.72. The highest BCUT2D eigenvalue weighted by Gasteiger charge is 2.35. The first-order valence-corrected chi connectivity index (χ1v) is 16.0. The van der Waals surface area contributed by atoms with E-state index in [1.54, 1.807) is 48.5 Å². The van der Waals surface area contributed by atoms with Gasteiger partial charge < -0.3 is 10.2 Å². The number of benzene rings is 3. The van der Waals surface area contributed by atoms with E-state index in [0.29, 0.717) is 28.9 Å². The van der Waals surface area contributed by atoms with E-state index in [2.05, 4.69) is 5.32 Å². The molecule has 2 amide bonds. The van der Waals surface area contributed by atoms with Gasteiger partial charge in [-0.2, -0.15) is 13.2 Å². The van der Waals surface area contributed by atoms with E-state index < -0.39 is 46.2 Å². The fraction of sp³-hybridized carbons (Fsp3) is 0.333. The predicted octanol–water partition coefficient (Wildman–Crippen LogP) is 6.33. The molecule has 0 aliphatic carbocycles. The molecule has 13 heteroatoms. The van der Waals surface area contributed by atoms with Crippen LogP contribution in [0.2, 0.25) is 10.0 Å². The molecule has 0 radical (unpaired) electrons. The monoisotopic (exact) mass is 657 g/mol. The van der Waals surface area contributed by atoms with Crippen LogP contribution < -0.4 is 9.62 Å². The number of sulfonamides is 1. The minimum absolute atomic E-state index is 0.0645. The lowest BCUT2D eigenvalue weighted by atomic mass is 10.0. The van der Waals surface area contributed by atoms with Gasteiger partial charge >= 0.3 is 6.18 Å². The summed E-state index contributed by atoms with van der Waals surface area (Å²) in [7, 11) is -4.25. The smallest absolute Gasteiger partial charge is 0.354 e. The molecular formula is C30H32Cl2F3N3O4S. The topological polar surface area (TPSA) is 86.8 Å². The van der Waals surface area contributed by atoms with Gasteiger partial charge in [-0.15, -0.1) is 0 Å². The van der Waals surface area contributed by atoms with Crippen molar-refractivity contribution in [3.8, 4) is 0 Å². The number of halogens is 5. The molecule has 0 heterocycles. The van der Waals surface area contributed by atoms with Crippen LogP contribution in [0.4, 0.5) is 18.9 Å². The zero-order chi connectivity index (χ0) is 31.8. The number of nitrogens with zero attached hydrogens (tertiary/aromatic N) is 2. The van der Waals surface area contributed by atoms with Crippen molar-refractivity contribution in [1.82, 2.24) is 10.2 Å². The molecular weight excluding hydrogens is 626 g/mol. The first-order valence-electron chi connectivity index (χ1n) is 13.4. The van der Waals surface area contributed by atoms with Crippen LogP contribution in [-0.4, -0.2) is 50.5 Å². The van der Waals surface area contributed by atoms with Gasteiger partial charge in [-0.3, -0.25) is 13.9 Å². The van der Waals surface area contributed by atoms with Crippen LogP contribution in [0.25, 0.3) is 0 Å². The lowest BCUT2D eigenvalue weighted by Crippen LogP contribution is -2.53. The zero-order valence-corrected chi connectivity index (χ0v) is 25.9. The third-order valence-corrected chi connectivity index (χ3v) is 8.48.